The molecule has 2 saturated carbocycles. The molecule has 3 aliphatic rings. The molecular formula is C34H43NO12. The first-order valence-corrected chi connectivity index (χ1v) is 15.6. The summed E-state index contributed by atoms with van der Waals surface area (Å²) in [5.74, 6) is -6.87. The third kappa shape index (κ3) is 7.24. The fraction of sp³-hybridized carbons (Fsp3) is 0.618. The zero-order chi connectivity index (χ0) is 35.0. The lowest BCUT2D eigenvalue weighted by Crippen LogP contribution is -2.58. The number of nitrogens with zero attached hydrogens (tertiary/aromatic N) is 1. The summed E-state index contributed by atoms with van der Waals surface area (Å²) in [5, 5.41) is 0. The lowest BCUT2D eigenvalue weighted by molar-refractivity contribution is -0.186. The number of ketones is 1. The van der Waals surface area contributed by atoms with Crippen LogP contribution in [-0.4, -0.2) is 82.8 Å². The minimum atomic E-state index is -1.94. The predicted molar refractivity (Wildman–Crippen MR) is 162 cm³/mol. The van der Waals surface area contributed by atoms with Crippen molar-refractivity contribution < 1.29 is 57.2 Å². The van der Waals surface area contributed by atoms with Crippen LogP contribution in [0.4, 0.5) is 0 Å². The van der Waals surface area contributed by atoms with E-state index in [0.29, 0.717) is 0 Å². The summed E-state index contributed by atoms with van der Waals surface area (Å²) in [4.78, 5) is 82.4. The van der Waals surface area contributed by atoms with Crippen molar-refractivity contribution in [3.63, 3.8) is 0 Å². The molecule has 13 nitrogen and oxygen atoms in total. The fourth-order valence-corrected chi connectivity index (χ4v) is 7.25. The summed E-state index contributed by atoms with van der Waals surface area (Å²) >= 11 is 0. The molecule has 0 aromatic carbocycles. The normalized spacial score (nSPS) is 34.7. The number of hydrogen-bond acceptors (Lipinski definition) is 13. The monoisotopic (exact) mass is 657 g/mol. The average Bonchev–Trinajstić information content (AvgIpc) is 3.74. The van der Waals surface area contributed by atoms with Gasteiger partial charge in [0.05, 0.1) is 23.7 Å². The number of carbonyl (C=O) groups excluding carboxylic acids is 6. The zero-order valence-electron chi connectivity index (χ0n) is 28.0. The van der Waals surface area contributed by atoms with Crippen LogP contribution in [0, 0.1) is 23.2 Å². The standard InChI is InChI=1S/C34H43NO12/c1-16-14-34(47-22(7)39)26(27(16)43-20(5)37)28(44-21(6)38)17(2)24(42-19(4)36)13-25(45-32(41)23-11-10-12-35-15-23)33(8,9)31-29(46-31)18(3)30(34)40/h10-12,15-16,18,24-29,31H,2,13-14H2,1,3-9H3. The summed E-state index contributed by atoms with van der Waals surface area (Å²) in [7, 11) is 0. The molecule has 0 N–H and O–H groups in total. The Labute approximate surface area is 273 Å². The summed E-state index contributed by atoms with van der Waals surface area (Å²) in [6.45, 7) is 15.8. The molecule has 1 aliphatic heterocycles. The third-order valence-corrected chi connectivity index (χ3v) is 9.40. The number of hydrogen-bond donors (Lipinski definition) is 0. The van der Waals surface area contributed by atoms with Crippen molar-refractivity contribution in [1.82, 2.24) is 4.98 Å². The molecule has 3 fully saturated rings. The third-order valence-electron chi connectivity index (χ3n) is 9.40. The Balaban J connectivity index is 1.93. The van der Waals surface area contributed by atoms with E-state index in [2.05, 4.69) is 11.6 Å². The van der Waals surface area contributed by atoms with Crippen molar-refractivity contribution in [2.24, 2.45) is 23.2 Å². The molecule has 1 aromatic heterocycles. The highest BCUT2D eigenvalue weighted by Crippen LogP contribution is 2.54. The second-order valence-electron chi connectivity index (χ2n) is 13.3. The maximum absolute atomic E-state index is 14.7. The maximum atomic E-state index is 14.7. The smallest absolute Gasteiger partial charge is 0.339 e. The molecule has 1 saturated heterocycles. The van der Waals surface area contributed by atoms with Crippen LogP contribution in [0.15, 0.2) is 36.7 Å². The van der Waals surface area contributed by atoms with Crippen molar-refractivity contribution >= 4 is 35.6 Å². The van der Waals surface area contributed by atoms with E-state index >= 15 is 0 Å². The second-order valence-corrected chi connectivity index (χ2v) is 13.3. The van der Waals surface area contributed by atoms with Crippen molar-refractivity contribution in [3.05, 3.63) is 42.2 Å². The molecule has 0 spiro atoms. The van der Waals surface area contributed by atoms with Gasteiger partial charge in [-0.2, -0.15) is 0 Å². The van der Waals surface area contributed by atoms with Crippen LogP contribution in [0.2, 0.25) is 0 Å². The van der Waals surface area contributed by atoms with E-state index in [1.54, 1.807) is 39.8 Å². The highest BCUT2D eigenvalue weighted by atomic mass is 16.6. The van der Waals surface area contributed by atoms with Crippen LogP contribution < -0.4 is 0 Å². The minimum absolute atomic E-state index is 0.00991. The van der Waals surface area contributed by atoms with Crippen LogP contribution >= 0.6 is 0 Å². The molecule has 10 unspecified atom stereocenters. The van der Waals surface area contributed by atoms with Gasteiger partial charge in [0.15, 0.2) is 11.4 Å². The molecule has 1 aromatic rings. The second kappa shape index (κ2) is 13.5. The number of esters is 5. The van der Waals surface area contributed by atoms with E-state index in [1.807, 2.05) is 0 Å². The maximum Gasteiger partial charge on any atom is 0.339 e. The van der Waals surface area contributed by atoms with Gasteiger partial charge in [-0.1, -0.05) is 34.3 Å². The van der Waals surface area contributed by atoms with E-state index in [1.165, 1.54) is 26.2 Å². The van der Waals surface area contributed by atoms with Crippen LogP contribution in [0.1, 0.15) is 78.6 Å². The Kier molecular flexibility index (Phi) is 10.3. The van der Waals surface area contributed by atoms with Gasteiger partial charge in [-0.05, 0) is 18.1 Å². The number of rotatable bonds is 6. The Bertz CT molecular complexity index is 1440. The molecule has 0 radical (unpaired) electrons. The first kappa shape index (κ1) is 35.7. The summed E-state index contributed by atoms with van der Waals surface area (Å²) < 4.78 is 35.5. The van der Waals surface area contributed by atoms with Crippen molar-refractivity contribution in [1.29, 1.82) is 0 Å². The lowest BCUT2D eigenvalue weighted by Gasteiger charge is -2.43. The van der Waals surface area contributed by atoms with Crippen LogP contribution in [0.25, 0.3) is 0 Å². The molecule has 0 bridgehead atoms. The number of pyridine rings is 1. The number of fused-ring (bicyclic) bond motifs is 2. The number of Topliss-reactive ketones (excluding diaryl/α,β-unsaturated/α-hetero) is 1. The molecule has 10 atom stereocenters. The minimum Gasteiger partial charge on any atom is -0.462 e. The highest BCUT2D eigenvalue weighted by molar-refractivity contribution is 5.93. The lowest BCUT2D eigenvalue weighted by atomic mass is 9.70. The predicted octanol–water partition coefficient (Wildman–Crippen LogP) is 3.32. The molecule has 4 rings (SSSR count). The van der Waals surface area contributed by atoms with Gasteiger partial charge in [0.1, 0.15) is 24.4 Å². The van der Waals surface area contributed by atoms with E-state index in [-0.39, 0.29) is 24.0 Å². The summed E-state index contributed by atoms with van der Waals surface area (Å²) in [5.41, 5.74) is -2.72. The average molecular weight is 658 g/mol. The molecule has 47 heavy (non-hydrogen) atoms. The molecule has 13 heteroatoms. The Morgan fingerprint density at radius 2 is 1.57 bits per heavy atom. The molecular weight excluding hydrogens is 614 g/mol. The van der Waals surface area contributed by atoms with E-state index in [0.717, 1.165) is 13.8 Å². The largest absolute Gasteiger partial charge is 0.462 e. The quantitative estimate of drug-likeness (QED) is 0.189. The Morgan fingerprint density at radius 1 is 0.936 bits per heavy atom. The van der Waals surface area contributed by atoms with Crippen molar-refractivity contribution in [2.75, 3.05) is 0 Å². The number of ether oxygens (including phenoxy) is 6. The molecule has 2 heterocycles. The summed E-state index contributed by atoms with van der Waals surface area (Å²) in [6.07, 6.45) is -3.44. The SMILES string of the molecule is C=C1C(OC(C)=O)CC(OC(=O)c2cccnc2)C(C)(C)C2OC2C(C)C(=O)C2(OC(C)=O)CC(C)C(OC(C)=O)C2C1OC(C)=O. The van der Waals surface area contributed by atoms with Gasteiger partial charge in [0.25, 0.3) is 0 Å². The fourth-order valence-electron chi connectivity index (χ4n) is 7.25. The van der Waals surface area contributed by atoms with E-state index < -0.39 is 101 Å². The Morgan fingerprint density at radius 3 is 2.13 bits per heavy atom. The number of epoxide rings is 1. The van der Waals surface area contributed by atoms with E-state index in [9.17, 15) is 28.8 Å². The molecule has 0 amide bonds. The van der Waals surface area contributed by atoms with Gasteiger partial charge in [-0.25, -0.2) is 4.79 Å². The van der Waals surface area contributed by atoms with Gasteiger partial charge in [-0.3, -0.25) is 29.0 Å². The number of carbonyl (C=O) groups is 6. The summed E-state index contributed by atoms with van der Waals surface area (Å²) in [6, 6.07) is 3.12. The van der Waals surface area contributed by atoms with Gasteiger partial charge >= 0.3 is 29.8 Å². The number of aromatic nitrogens is 1. The highest BCUT2D eigenvalue weighted by Gasteiger charge is 2.68. The van der Waals surface area contributed by atoms with Crippen LogP contribution in [-0.2, 0) is 52.4 Å². The van der Waals surface area contributed by atoms with Crippen molar-refractivity contribution in [3.8, 4) is 0 Å². The molecule has 2 aliphatic carbocycles. The van der Waals surface area contributed by atoms with Crippen LogP contribution in [0.3, 0.4) is 0 Å². The van der Waals surface area contributed by atoms with Gasteiger partial charge in [0, 0.05) is 69.8 Å². The topological polar surface area (TPSA) is 174 Å². The first-order valence-electron chi connectivity index (χ1n) is 15.6. The zero-order valence-corrected chi connectivity index (χ0v) is 28.0. The van der Waals surface area contributed by atoms with Gasteiger partial charge in [-0.15, -0.1) is 0 Å². The van der Waals surface area contributed by atoms with Gasteiger partial charge in [0.2, 0.25) is 0 Å². The van der Waals surface area contributed by atoms with Gasteiger partial charge < -0.3 is 28.4 Å². The molecule has 256 valence electrons. The Hall–Kier alpha value is -4.13. The van der Waals surface area contributed by atoms with Crippen LogP contribution in [0.5, 0.6) is 0 Å². The van der Waals surface area contributed by atoms with E-state index in [4.69, 9.17) is 28.4 Å². The first-order chi connectivity index (χ1) is 21.9. The van der Waals surface area contributed by atoms with Crippen molar-refractivity contribution in [2.45, 2.75) is 110 Å².